The van der Waals surface area contributed by atoms with E-state index in [1.54, 1.807) is 18.7 Å². The first-order valence-corrected chi connectivity index (χ1v) is 5.32. The highest BCUT2D eigenvalue weighted by Gasteiger charge is 2.30. The third kappa shape index (κ3) is 1.53. The van der Waals surface area contributed by atoms with Crippen molar-refractivity contribution in [2.75, 3.05) is 6.54 Å². The standard InChI is InChI=1S/C11H11N3O3/c15-11(16)9-10-8(7-2-1-5-17-7)12-3-4-14(10)6-13-9/h1-2,5-6,8,12H,3-4H2,(H,15,16). The molecule has 1 unspecified atom stereocenters. The van der Waals surface area contributed by atoms with Gasteiger partial charge in [-0.05, 0) is 12.1 Å². The summed E-state index contributed by atoms with van der Waals surface area (Å²) in [7, 11) is 0. The predicted octanol–water partition coefficient (Wildman–Crippen LogP) is 0.867. The van der Waals surface area contributed by atoms with Crippen LogP contribution in [0.3, 0.4) is 0 Å². The summed E-state index contributed by atoms with van der Waals surface area (Å²) in [5, 5.41) is 12.4. The minimum absolute atomic E-state index is 0.0820. The number of aromatic nitrogens is 2. The van der Waals surface area contributed by atoms with Gasteiger partial charge in [-0.2, -0.15) is 0 Å². The van der Waals surface area contributed by atoms with E-state index in [0.717, 1.165) is 6.54 Å². The van der Waals surface area contributed by atoms with Gasteiger partial charge >= 0.3 is 5.97 Å². The lowest BCUT2D eigenvalue weighted by Crippen LogP contribution is -2.34. The van der Waals surface area contributed by atoms with Crippen LogP contribution in [0.25, 0.3) is 0 Å². The van der Waals surface area contributed by atoms with Crippen molar-refractivity contribution in [1.82, 2.24) is 14.9 Å². The van der Waals surface area contributed by atoms with Crippen molar-refractivity contribution in [3.8, 4) is 0 Å². The normalized spacial score (nSPS) is 18.9. The Labute approximate surface area is 96.9 Å². The smallest absolute Gasteiger partial charge is 0.356 e. The molecule has 0 fully saturated rings. The van der Waals surface area contributed by atoms with Crippen LogP contribution in [-0.4, -0.2) is 27.2 Å². The molecular formula is C11H11N3O3. The number of fused-ring (bicyclic) bond motifs is 1. The Hall–Kier alpha value is -2.08. The van der Waals surface area contributed by atoms with Crippen LogP contribution in [0.15, 0.2) is 29.1 Å². The van der Waals surface area contributed by atoms with Crippen LogP contribution in [-0.2, 0) is 6.54 Å². The number of aromatic carboxylic acids is 1. The fourth-order valence-corrected chi connectivity index (χ4v) is 2.15. The first kappa shape index (κ1) is 10.1. The second-order valence-electron chi connectivity index (χ2n) is 3.88. The van der Waals surface area contributed by atoms with Crippen LogP contribution >= 0.6 is 0 Å². The maximum atomic E-state index is 11.1. The van der Waals surface area contributed by atoms with Crippen molar-refractivity contribution in [1.29, 1.82) is 0 Å². The van der Waals surface area contributed by atoms with Gasteiger partial charge in [0, 0.05) is 13.1 Å². The van der Waals surface area contributed by atoms with Crippen molar-refractivity contribution in [2.24, 2.45) is 0 Å². The Bertz CT molecular complexity index is 544. The molecule has 0 amide bonds. The van der Waals surface area contributed by atoms with Gasteiger partial charge in [0.05, 0.1) is 18.3 Å². The lowest BCUT2D eigenvalue weighted by Gasteiger charge is -2.24. The Balaban J connectivity index is 2.12. The number of carboxylic acid groups (broad SMARTS) is 1. The highest BCUT2D eigenvalue weighted by Crippen LogP contribution is 2.27. The SMILES string of the molecule is O=C(O)c1ncn2c1C(c1ccco1)NCC2. The average molecular weight is 233 g/mol. The molecule has 1 aliphatic heterocycles. The molecule has 0 spiro atoms. The van der Waals surface area contributed by atoms with Crippen LogP contribution in [0.1, 0.15) is 28.0 Å². The van der Waals surface area contributed by atoms with Gasteiger partial charge in [-0.1, -0.05) is 0 Å². The van der Waals surface area contributed by atoms with E-state index in [1.807, 2.05) is 10.6 Å². The topological polar surface area (TPSA) is 80.3 Å². The quantitative estimate of drug-likeness (QED) is 0.804. The number of carboxylic acids is 1. The number of hydrogen-bond acceptors (Lipinski definition) is 4. The molecule has 88 valence electrons. The van der Waals surface area contributed by atoms with Gasteiger partial charge in [0.1, 0.15) is 11.8 Å². The molecule has 0 saturated heterocycles. The van der Waals surface area contributed by atoms with Crippen LogP contribution in [0.2, 0.25) is 0 Å². The molecule has 0 bridgehead atoms. The lowest BCUT2D eigenvalue weighted by atomic mass is 10.1. The fourth-order valence-electron chi connectivity index (χ4n) is 2.15. The molecule has 1 aliphatic rings. The van der Waals surface area contributed by atoms with E-state index >= 15 is 0 Å². The molecule has 0 aromatic carbocycles. The molecule has 2 aromatic heterocycles. The first-order valence-electron chi connectivity index (χ1n) is 5.32. The highest BCUT2D eigenvalue weighted by atomic mass is 16.4. The maximum absolute atomic E-state index is 11.1. The van der Waals surface area contributed by atoms with Gasteiger partial charge in [-0.15, -0.1) is 0 Å². The first-order chi connectivity index (χ1) is 8.27. The molecule has 2 aromatic rings. The number of imidazole rings is 1. The number of furan rings is 1. The second-order valence-corrected chi connectivity index (χ2v) is 3.88. The van der Waals surface area contributed by atoms with Gasteiger partial charge in [-0.25, -0.2) is 9.78 Å². The Kier molecular flexibility index (Phi) is 2.22. The molecular weight excluding hydrogens is 222 g/mol. The van der Waals surface area contributed by atoms with E-state index in [-0.39, 0.29) is 11.7 Å². The summed E-state index contributed by atoms with van der Waals surface area (Å²) in [5.74, 6) is -0.312. The van der Waals surface area contributed by atoms with Crippen molar-refractivity contribution < 1.29 is 14.3 Å². The molecule has 6 nitrogen and oxygen atoms in total. The van der Waals surface area contributed by atoms with Crippen LogP contribution in [0.4, 0.5) is 0 Å². The Morgan fingerprint density at radius 2 is 2.53 bits per heavy atom. The third-order valence-electron chi connectivity index (χ3n) is 2.88. The number of rotatable bonds is 2. The Morgan fingerprint density at radius 1 is 1.65 bits per heavy atom. The largest absolute Gasteiger partial charge is 0.476 e. The van der Waals surface area contributed by atoms with Crippen molar-refractivity contribution in [2.45, 2.75) is 12.6 Å². The van der Waals surface area contributed by atoms with Crippen LogP contribution < -0.4 is 5.32 Å². The van der Waals surface area contributed by atoms with E-state index < -0.39 is 5.97 Å². The predicted molar refractivity (Wildman–Crippen MR) is 57.7 cm³/mol. The lowest BCUT2D eigenvalue weighted by molar-refractivity contribution is 0.0688. The summed E-state index contributed by atoms with van der Waals surface area (Å²) >= 11 is 0. The number of nitrogens with one attached hydrogen (secondary N) is 1. The van der Waals surface area contributed by atoms with Gasteiger partial charge < -0.3 is 19.4 Å². The summed E-state index contributed by atoms with van der Waals surface area (Å²) in [4.78, 5) is 15.1. The van der Waals surface area contributed by atoms with Crippen LogP contribution in [0.5, 0.6) is 0 Å². The van der Waals surface area contributed by atoms with Gasteiger partial charge in [-0.3, -0.25) is 0 Å². The van der Waals surface area contributed by atoms with E-state index in [0.29, 0.717) is 18.0 Å². The summed E-state index contributed by atoms with van der Waals surface area (Å²) in [6.07, 6.45) is 3.14. The summed E-state index contributed by atoms with van der Waals surface area (Å²) in [5.41, 5.74) is 0.734. The molecule has 6 heteroatoms. The molecule has 0 aliphatic carbocycles. The Morgan fingerprint density at radius 3 is 3.24 bits per heavy atom. The highest BCUT2D eigenvalue weighted by molar-refractivity contribution is 5.87. The number of nitrogens with zero attached hydrogens (tertiary/aromatic N) is 2. The zero-order valence-corrected chi connectivity index (χ0v) is 8.96. The summed E-state index contributed by atoms with van der Waals surface area (Å²) in [6.45, 7) is 1.47. The summed E-state index contributed by atoms with van der Waals surface area (Å²) < 4.78 is 7.19. The van der Waals surface area contributed by atoms with E-state index in [1.165, 1.54) is 0 Å². The molecule has 17 heavy (non-hydrogen) atoms. The minimum atomic E-state index is -1.01. The molecule has 3 rings (SSSR count). The van der Waals surface area contributed by atoms with Crippen molar-refractivity contribution in [3.05, 3.63) is 41.9 Å². The van der Waals surface area contributed by atoms with E-state index in [9.17, 15) is 4.79 Å². The van der Waals surface area contributed by atoms with E-state index in [4.69, 9.17) is 9.52 Å². The van der Waals surface area contributed by atoms with E-state index in [2.05, 4.69) is 10.3 Å². The van der Waals surface area contributed by atoms with Crippen molar-refractivity contribution in [3.63, 3.8) is 0 Å². The zero-order valence-electron chi connectivity index (χ0n) is 8.96. The second kappa shape index (κ2) is 3.74. The van der Waals surface area contributed by atoms with Gasteiger partial charge in [0.2, 0.25) is 0 Å². The fraction of sp³-hybridized carbons (Fsp3) is 0.273. The number of hydrogen-bond donors (Lipinski definition) is 2. The van der Waals surface area contributed by atoms with Crippen LogP contribution in [0, 0.1) is 0 Å². The molecule has 0 saturated carbocycles. The molecule has 1 atom stereocenters. The van der Waals surface area contributed by atoms with Crippen molar-refractivity contribution >= 4 is 5.97 Å². The average Bonchev–Trinajstić information content (AvgIpc) is 2.97. The molecule has 3 heterocycles. The summed E-state index contributed by atoms with van der Waals surface area (Å²) in [6, 6.07) is 3.37. The minimum Gasteiger partial charge on any atom is -0.476 e. The molecule has 2 N–H and O–H groups in total. The van der Waals surface area contributed by atoms with Gasteiger partial charge in [0.25, 0.3) is 0 Å². The number of carbonyl (C=O) groups is 1. The van der Waals surface area contributed by atoms with Gasteiger partial charge in [0.15, 0.2) is 5.69 Å². The monoisotopic (exact) mass is 233 g/mol. The zero-order chi connectivity index (χ0) is 11.8. The third-order valence-corrected chi connectivity index (χ3v) is 2.88. The molecule has 0 radical (unpaired) electrons. The maximum Gasteiger partial charge on any atom is 0.356 e.